The summed E-state index contributed by atoms with van der Waals surface area (Å²) in [6.07, 6.45) is 0. The lowest BCUT2D eigenvalue weighted by Gasteiger charge is -2.11. The average Bonchev–Trinajstić information content (AvgIpc) is 3.22. The normalized spacial score (nSPS) is 11.2. The fraction of sp³-hybridized carbons (Fsp3) is 0.0435. The lowest BCUT2D eigenvalue weighted by atomic mass is 10.1. The van der Waals surface area contributed by atoms with Gasteiger partial charge < -0.3 is 9.84 Å². The Bertz CT molecular complexity index is 1370. The van der Waals surface area contributed by atoms with E-state index < -0.39 is 15.9 Å². The zero-order chi connectivity index (χ0) is 22.7. The number of hydrogen-bond acceptors (Lipinski definition) is 5. The van der Waals surface area contributed by atoms with E-state index in [1.807, 2.05) is 0 Å². The van der Waals surface area contributed by atoms with Gasteiger partial charge >= 0.3 is 0 Å². The third kappa shape index (κ3) is 4.84. The predicted octanol–water partition coefficient (Wildman–Crippen LogP) is 4.84. The molecule has 1 heterocycles. The summed E-state index contributed by atoms with van der Waals surface area (Å²) in [4.78, 5) is 12.2. The zero-order valence-corrected chi connectivity index (χ0v) is 17.7. The van der Waals surface area contributed by atoms with E-state index in [9.17, 15) is 17.6 Å². The number of aromatic nitrogens is 1. The molecular weight excluding hydrogens is 433 g/mol. The van der Waals surface area contributed by atoms with Crippen molar-refractivity contribution in [1.82, 2.24) is 5.16 Å². The molecule has 3 aromatic carbocycles. The molecule has 9 heteroatoms. The number of amides is 1. The highest BCUT2D eigenvalue weighted by Crippen LogP contribution is 2.25. The molecule has 4 aromatic rings. The van der Waals surface area contributed by atoms with Crippen molar-refractivity contribution in [3.8, 4) is 11.1 Å². The molecule has 0 saturated carbocycles. The predicted molar refractivity (Wildman–Crippen MR) is 118 cm³/mol. The van der Waals surface area contributed by atoms with Crippen molar-refractivity contribution in [1.29, 1.82) is 0 Å². The van der Waals surface area contributed by atoms with Gasteiger partial charge in [0.05, 0.1) is 4.90 Å². The molecule has 0 unspecified atom stereocenters. The molecule has 0 saturated heterocycles. The largest absolute Gasteiger partial charge is 0.361 e. The summed E-state index contributed by atoms with van der Waals surface area (Å²) in [5.74, 6) is -0.286. The highest BCUT2D eigenvalue weighted by Gasteiger charge is 2.16. The molecular formula is C23H18FN3O4S. The van der Waals surface area contributed by atoms with Gasteiger partial charge in [0.25, 0.3) is 15.9 Å². The highest BCUT2D eigenvalue weighted by molar-refractivity contribution is 7.92. The number of nitrogens with zero attached hydrogens (tertiary/aromatic N) is 1. The molecule has 0 aliphatic rings. The molecule has 4 rings (SSSR count). The minimum atomic E-state index is -3.86. The summed E-state index contributed by atoms with van der Waals surface area (Å²) >= 11 is 0. The lowest BCUT2D eigenvalue weighted by Crippen LogP contribution is -2.14. The topological polar surface area (TPSA) is 101 Å². The van der Waals surface area contributed by atoms with Crippen molar-refractivity contribution >= 4 is 27.3 Å². The third-order valence-corrected chi connectivity index (χ3v) is 5.96. The van der Waals surface area contributed by atoms with Gasteiger partial charge in [0.1, 0.15) is 11.6 Å². The summed E-state index contributed by atoms with van der Waals surface area (Å²) < 4.78 is 46.2. The van der Waals surface area contributed by atoms with Crippen LogP contribution in [0.2, 0.25) is 0 Å². The molecule has 1 amide bonds. The Labute approximate surface area is 183 Å². The van der Waals surface area contributed by atoms with Gasteiger partial charge in [-0.25, -0.2) is 12.8 Å². The first-order valence-electron chi connectivity index (χ1n) is 9.54. The van der Waals surface area contributed by atoms with Crippen molar-refractivity contribution in [3.05, 3.63) is 96.1 Å². The Hall–Kier alpha value is -3.98. The maximum Gasteiger partial charge on any atom is 0.277 e. The monoisotopic (exact) mass is 451 g/mol. The molecule has 0 aliphatic heterocycles. The smallest absolute Gasteiger partial charge is 0.277 e. The Morgan fingerprint density at radius 3 is 2.25 bits per heavy atom. The van der Waals surface area contributed by atoms with Crippen LogP contribution >= 0.6 is 0 Å². The molecule has 0 spiro atoms. The van der Waals surface area contributed by atoms with Gasteiger partial charge in [-0.2, -0.15) is 0 Å². The number of nitrogens with one attached hydrogen (secondary N) is 2. The first kappa shape index (κ1) is 21.3. The van der Waals surface area contributed by atoms with E-state index in [0.717, 1.165) is 0 Å². The van der Waals surface area contributed by atoms with Crippen LogP contribution in [0.25, 0.3) is 11.1 Å². The van der Waals surface area contributed by atoms with E-state index in [2.05, 4.69) is 15.2 Å². The number of aryl methyl sites for hydroxylation is 1. The number of hydrogen-bond donors (Lipinski definition) is 2. The second-order valence-corrected chi connectivity index (χ2v) is 8.68. The summed E-state index contributed by atoms with van der Waals surface area (Å²) in [6, 6.07) is 19.9. The van der Waals surface area contributed by atoms with E-state index in [1.165, 1.54) is 42.5 Å². The van der Waals surface area contributed by atoms with E-state index in [1.54, 1.807) is 43.3 Å². The summed E-state index contributed by atoms with van der Waals surface area (Å²) in [5, 5.41) is 6.30. The molecule has 0 atom stereocenters. The second-order valence-electron chi connectivity index (χ2n) is 6.99. The quantitative estimate of drug-likeness (QED) is 0.437. The molecule has 0 radical (unpaired) electrons. The SMILES string of the molecule is Cc1cc(C(=O)Nc2ccc(NS(=O)(=O)c3cccc(-c4ccc(F)cc4)c3)cc2)no1. The van der Waals surface area contributed by atoms with Crippen molar-refractivity contribution in [3.63, 3.8) is 0 Å². The fourth-order valence-electron chi connectivity index (χ4n) is 2.99. The van der Waals surface area contributed by atoms with Gasteiger partial charge in [0.2, 0.25) is 0 Å². The molecule has 0 bridgehead atoms. The summed E-state index contributed by atoms with van der Waals surface area (Å²) in [7, 11) is -3.86. The van der Waals surface area contributed by atoms with Crippen LogP contribution in [0.4, 0.5) is 15.8 Å². The van der Waals surface area contributed by atoms with Gasteiger partial charge in [-0.15, -0.1) is 0 Å². The first-order chi connectivity index (χ1) is 15.3. The fourth-order valence-corrected chi connectivity index (χ4v) is 4.09. The molecule has 0 aliphatic carbocycles. The summed E-state index contributed by atoms with van der Waals surface area (Å²) in [5.41, 5.74) is 2.29. The number of anilines is 2. The Balaban J connectivity index is 1.48. The average molecular weight is 451 g/mol. The summed E-state index contributed by atoms with van der Waals surface area (Å²) in [6.45, 7) is 1.68. The van der Waals surface area contributed by atoms with Gasteiger partial charge in [0, 0.05) is 17.4 Å². The number of rotatable bonds is 6. The van der Waals surface area contributed by atoms with Crippen LogP contribution in [-0.2, 0) is 10.0 Å². The van der Waals surface area contributed by atoms with Crippen molar-refractivity contribution in [2.75, 3.05) is 10.0 Å². The minimum absolute atomic E-state index is 0.0677. The third-order valence-electron chi connectivity index (χ3n) is 4.58. The van der Waals surface area contributed by atoms with E-state index >= 15 is 0 Å². The van der Waals surface area contributed by atoms with E-state index in [4.69, 9.17) is 4.52 Å². The zero-order valence-electron chi connectivity index (χ0n) is 16.9. The Morgan fingerprint density at radius 1 is 0.906 bits per heavy atom. The second kappa shape index (κ2) is 8.64. The standard InChI is InChI=1S/C23H18FN3O4S/c1-15-13-22(26-31-15)23(28)25-19-9-11-20(12-10-19)27-32(29,30)21-4-2-3-17(14-21)16-5-7-18(24)8-6-16/h2-14,27H,1H3,(H,25,28). The molecule has 1 aromatic heterocycles. The van der Waals surface area contributed by atoms with Crippen molar-refractivity contribution in [2.45, 2.75) is 11.8 Å². The number of benzene rings is 3. The molecule has 162 valence electrons. The highest BCUT2D eigenvalue weighted by atomic mass is 32.2. The van der Waals surface area contributed by atoms with Crippen LogP contribution in [0.5, 0.6) is 0 Å². The van der Waals surface area contributed by atoms with E-state index in [-0.39, 0.29) is 16.4 Å². The number of halogens is 1. The van der Waals surface area contributed by atoms with Crippen molar-refractivity contribution in [2.24, 2.45) is 0 Å². The first-order valence-corrected chi connectivity index (χ1v) is 11.0. The van der Waals surface area contributed by atoms with Crippen LogP contribution in [0.1, 0.15) is 16.2 Å². The van der Waals surface area contributed by atoms with Gasteiger partial charge in [-0.3, -0.25) is 9.52 Å². The number of sulfonamides is 1. The van der Waals surface area contributed by atoms with Crippen LogP contribution in [0.15, 0.2) is 88.3 Å². The van der Waals surface area contributed by atoms with Crippen LogP contribution < -0.4 is 10.0 Å². The van der Waals surface area contributed by atoms with Gasteiger partial charge in [-0.1, -0.05) is 29.4 Å². The van der Waals surface area contributed by atoms with Crippen LogP contribution in [-0.4, -0.2) is 19.5 Å². The number of carbonyl (C=O) groups is 1. The molecule has 32 heavy (non-hydrogen) atoms. The van der Waals surface area contributed by atoms with Crippen LogP contribution in [0.3, 0.4) is 0 Å². The molecule has 7 nitrogen and oxygen atoms in total. The number of carbonyl (C=O) groups excluding carboxylic acids is 1. The Kier molecular flexibility index (Phi) is 5.74. The van der Waals surface area contributed by atoms with Crippen LogP contribution in [0, 0.1) is 12.7 Å². The van der Waals surface area contributed by atoms with Gasteiger partial charge in [0.15, 0.2) is 5.69 Å². The molecule has 2 N–H and O–H groups in total. The maximum atomic E-state index is 13.2. The van der Waals surface area contributed by atoms with E-state index in [0.29, 0.717) is 28.3 Å². The molecule has 0 fully saturated rings. The Morgan fingerprint density at radius 2 is 1.59 bits per heavy atom. The minimum Gasteiger partial charge on any atom is -0.361 e. The van der Waals surface area contributed by atoms with Gasteiger partial charge in [-0.05, 0) is 66.6 Å². The van der Waals surface area contributed by atoms with Crippen molar-refractivity contribution < 1.29 is 22.1 Å². The lowest BCUT2D eigenvalue weighted by molar-refractivity contribution is 0.101. The maximum absolute atomic E-state index is 13.2.